The van der Waals surface area contributed by atoms with Crippen LogP contribution in [0.2, 0.25) is 0 Å². The van der Waals surface area contributed by atoms with E-state index < -0.39 is 194 Å². The van der Waals surface area contributed by atoms with Crippen molar-refractivity contribution in [3.05, 3.63) is 18.2 Å². The second kappa shape index (κ2) is 36.0. The van der Waals surface area contributed by atoms with Crippen molar-refractivity contribution in [2.45, 2.75) is 146 Å². The minimum atomic E-state index is -1.97. The number of carbonyl (C=O) groups excluding carboxylic acids is 11. The predicted octanol–water partition coefficient (Wildman–Crippen LogP) is -9.09. The first-order valence-corrected chi connectivity index (χ1v) is 25.7. The van der Waals surface area contributed by atoms with Crippen LogP contribution in [0.4, 0.5) is 0 Å². The molecular formula is C47H75N17O20. The van der Waals surface area contributed by atoms with E-state index in [2.05, 4.69) is 62.8 Å². The minimum absolute atomic E-state index is 0.0147. The maximum atomic E-state index is 13.9. The summed E-state index contributed by atoms with van der Waals surface area (Å²) < 4.78 is 0. The zero-order valence-electron chi connectivity index (χ0n) is 46.4. The molecule has 24 N–H and O–H groups in total. The van der Waals surface area contributed by atoms with Gasteiger partial charge in [-0.05, 0) is 38.0 Å². The SMILES string of the molecule is CC(C)CC(NC(=O)C(CC(=O)O)NC(=O)C(Cc1cnc[nH]1)NC(=O)C(CCCN=C(N)N)NC(=O)CNC(=O)C(CC(=O)O)NC(=O)CNC(=O)C(CC(N)=O)NC(=O)C(NC(=O)C(CC(=O)O)NC(=O)C(N)C(C)O)C(C)C)C(=O)O. The van der Waals surface area contributed by atoms with Gasteiger partial charge in [-0.1, -0.05) is 27.7 Å². The second-order valence-corrected chi connectivity index (χ2v) is 19.6. The van der Waals surface area contributed by atoms with E-state index in [4.69, 9.17) is 22.9 Å². The van der Waals surface area contributed by atoms with Crippen LogP contribution in [0, 0.1) is 11.8 Å². The molecule has 37 heteroatoms. The predicted molar refractivity (Wildman–Crippen MR) is 286 cm³/mol. The summed E-state index contributed by atoms with van der Waals surface area (Å²) in [4.78, 5) is 202. The summed E-state index contributed by atoms with van der Waals surface area (Å²) in [6.07, 6.45) is -3.71. The number of imidazole rings is 1. The van der Waals surface area contributed by atoms with Gasteiger partial charge in [-0.25, -0.2) is 9.78 Å². The standard InChI is InChI=1S/C47H75N17O20/c1-19(2)9-29(46(83)84)63-42(79)27(13-34(71)72)60-41(78)24(10-22-15-52-18-56-22)59-40(77)23(7-6-8-53-47(50)51)57-31(67)16-55-39(76)26(12-33(69)70)58-32(68)17-54-38(75)25(11-30(48)66)62-45(82)37(20(3)4)64-43(80)28(14-35(73)74)61-44(81)36(49)21(5)65/h15,18-21,23-29,36-37,65H,6-14,16-17,49H2,1-5H3,(H2,48,66)(H,52,56)(H,54,75)(H,55,76)(H,57,67)(H,58,68)(H,59,77)(H,60,78)(H,61,81)(H,62,82)(H,63,79)(H,64,80)(H,69,70)(H,71,72)(H,73,74)(H,83,84)(H4,50,51,53). The molecule has 0 spiro atoms. The Morgan fingerprint density at radius 1 is 0.548 bits per heavy atom. The fourth-order valence-corrected chi connectivity index (χ4v) is 7.28. The number of hydrogen-bond donors (Lipinski definition) is 20. The highest BCUT2D eigenvalue weighted by molar-refractivity contribution is 6.00. The molecule has 10 unspecified atom stereocenters. The van der Waals surface area contributed by atoms with Crippen LogP contribution < -0.4 is 76.1 Å². The van der Waals surface area contributed by atoms with Crippen LogP contribution in [0.3, 0.4) is 0 Å². The number of guanidine groups is 1. The number of primary amides is 1. The molecule has 0 radical (unpaired) electrons. The van der Waals surface area contributed by atoms with Crippen molar-refractivity contribution in [2.75, 3.05) is 19.6 Å². The van der Waals surface area contributed by atoms with Gasteiger partial charge >= 0.3 is 23.9 Å². The highest BCUT2D eigenvalue weighted by atomic mass is 16.4. The molecule has 468 valence electrons. The number of carbonyl (C=O) groups is 15. The summed E-state index contributed by atoms with van der Waals surface area (Å²) >= 11 is 0. The average Bonchev–Trinajstić information content (AvgIpc) is 4.08. The van der Waals surface area contributed by atoms with Gasteiger partial charge in [-0.15, -0.1) is 0 Å². The molecule has 0 fully saturated rings. The van der Waals surface area contributed by atoms with Gasteiger partial charge in [-0.2, -0.15) is 0 Å². The van der Waals surface area contributed by atoms with E-state index in [-0.39, 0.29) is 49.8 Å². The number of aliphatic hydroxyl groups excluding tert-OH is 1. The van der Waals surface area contributed by atoms with Crippen molar-refractivity contribution in [3.8, 4) is 0 Å². The van der Waals surface area contributed by atoms with E-state index in [1.54, 1.807) is 13.8 Å². The number of aliphatic carboxylic acids is 4. The number of rotatable bonds is 39. The van der Waals surface area contributed by atoms with E-state index >= 15 is 0 Å². The Morgan fingerprint density at radius 2 is 0.976 bits per heavy atom. The molecule has 0 bridgehead atoms. The molecule has 0 saturated carbocycles. The van der Waals surface area contributed by atoms with Crippen molar-refractivity contribution in [1.29, 1.82) is 0 Å². The minimum Gasteiger partial charge on any atom is -0.481 e. The van der Waals surface area contributed by atoms with Crippen molar-refractivity contribution >= 4 is 94.8 Å². The largest absolute Gasteiger partial charge is 0.481 e. The molecule has 1 heterocycles. The average molecular weight is 1200 g/mol. The van der Waals surface area contributed by atoms with Gasteiger partial charge in [0, 0.05) is 24.9 Å². The zero-order valence-corrected chi connectivity index (χ0v) is 46.4. The Labute approximate surface area is 478 Å². The van der Waals surface area contributed by atoms with E-state index in [0.717, 1.165) is 6.92 Å². The van der Waals surface area contributed by atoms with Crippen LogP contribution in [-0.2, 0) is 78.3 Å². The molecule has 1 aromatic rings. The monoisotopic (exact) mass is 1200 g/mol. The summed E-state index contributed by atoms with van der Waals surface area (Å²) in [6, 6.07) is -15.4. The molecule has 37 nitrogen and oxygen atoms in total. The molecule has 0 aliphatic rings. The number of aromatic amines is 1. The van der Waals surface area contributed by atoms with Gasteiger partial charge in [0.25, 0.3) is 0 Å². The van der Waals surface area contributed by atoms with E-state index in [9.17, 15) is 97.5 Å². The number of amides is 11. The highest BCUT2D eigenvalue weighted by Crippen LogP contribution is 2.10. The maximum absolute atomic E-state index is 13.9. The fraction of sp³-hybridized carbons (Fsp3) is 0.596. The van der Waals surface area contributed by atoms with E-state index in [1.165, 1.54) is 26.4 Å². The number of nitrogens with one attached hydrogen (secondary N) is 11. The number of nitrogens with two attached hydrogens (primary N) is 4. The Bertz CT molecular complexity index is 2560. The van der Waals surface area contributed by atoms with Gasteiger partial charge in [0.1, 0.15) is 54.4 Å². The van der Waals surface area contributed by atoms with Gasteiger partial charge in [-0.3, -0.25) is 72.1 Å². The summed E-state index contributed by atoms with van der Waals surface area (Å²) in [5.74, 6) is -20.6. The number of carboxylic acids is 4. The Balaban J connectivity index is 3.28. The summed E-state index contributed by atoms with van der Waals surface area (Å²) in [5, 5.41) is 69.6. The van der Waals surface area contributed by atoms with Crippen LogP contribution in [-0.4, -0.2) is 210 Å². The zero-order chi connectivity index (χ0) is 64.1. The Kier molecular flexibility index (Phi) is 31.1. The molecule has 10 atom stereocenters. The lowest BCUT2D eigenvalue weighted by molar-refractivity contribution is -0.144. The normalized spacial score (nSPS) is 14.5. The van der Waals surface area contributed by atoms with Crippen molar-refractivity contribution < 1.29 is 97.5 Å². The topological polar surface area (TPSA) is 623 Å². The van der Waals surface area contributed by atoms with Crippen LogP contribution >= 0.6 is 0 Å². The molecule has 84 heavy (non-hydrogen) atoms. The third-order valence-electron chi connectivity index (χ3n) is 11.5. The fourth-order valence-electron chi connectivity index (χ4n) is 7.28. The molecule has 0 aliphatic carbocycles. The lowest BCUT2D eigenvalue weighted by atomic mass is 10.0. The third-order valence-corrected chi connectivity index (χ3v) is 11.5. The lowest BCUT2D eigenvalue weighted by Gasteiger charge is -2.27. The smallest absolute Gasteiger partial charge is 0.326 e. The number of carboxylic acid groups (broad SMARTS) is 4. The molecular weight excluding hydrogens is 1120 g/mol. The van der Waals surface area contributed by atoms with Crippen molar-refractivity contribution in [2.24, 2.45) is 39.8 Å². The quantitative estimate of drug-likeness (QED) is 0.0165. The van der Waals surface area contributed by atoms with Crippen LogP contribution in [0.25, 0.3) is 0 Å². The van der Waals surface area contributed by atoms with Crippen molar-refractivity contribution in [3.63, 3.8) is 0 Å². The number of aromatic nitrogens is 2. The third kappa shape index (κ3) is 28.2. The summed E-state index contributed by atoms with van der Waals surface area (Å²) in [5.41, 5.74) is 21.9. The molecule has 1 aromatic heterocycles. The summed E-state index contributed by atoms with van der Waals surface area (Å²) in [7, 11) is 0. The van der Waals surface area contributed by atoms with Crippen LogP contribution in [0.15, 0.2) is 17.5 Å². The Hall–Kier alpha value is -9.55. The van der Waals surface area contributed by atoms with Crippen molar-refractivity contribution in [1.82, 2.24) is 63.1 Å². The number of H-pyrrole nitrogens is 1. The summed E-state index contributed by atoms with van der Waals surface area (Å²) in [6.45, 7) is 5.16. The first-order chi connectivity index (χ1) is 39.1. The number of aliphatic hydroxyl groups is 1. The molecule has 0 aromatic carbocycles. The van der Waals surface area contributed by atoms with Gasteiger partial charge in [0.15, 0.2) is 5.96 Å². The van der Waals surface area contributed by atoms with Crippen LogP contribution in [0.5, 0.6) is 0 Å². The first kappa shape index (κ1) is 72.5. The lowest BCUT2D eigenvalue weighted by Crippen LogP contribution is -2.60. The molecule has 0 aliphatic heterocycles. The maximum Gasteiger partial charge on any atom is 0.326 e. The van der Waals surface area contributed by atoms with Gasteiger partial charge in [0.2, 0.25) is 65.0 Å². The molecule has 11 amide bonds. The number of hydrogen-bond acceptors (Lipinski definition) is 19. The van der Waals surface area contributed by atoms with Gasteiger partial charge in [0.05, 0.1) is 51.2 Å². The van der Waals surface area contributed by atoms with E-state index in [0.29, 0.717) is 0 Å². The van der Waals surface area contributed by atoms with Crippen LogP contribution in [0.1, 0.15) is 85.3 Å². The first-order valence-electron chi connectivity index (χ1n) is 25.7. The van der Waals surface area contributed by atoms with E-state index in [1.807, 2.05) is 5.32 Å². The number of aliphatic imine (C=N–C) groups is 1. The molecule has 0 saturated heterocycles. The van der Waals surface area contributed by atoms with Gasteiger partial charge < -0.3 is 107 Å². The Morgan fingerprint density at radius 3 is 1.42 bits per heavy atom. The molecule has 1 rings (SSSR count). The highest BCUT2D eigenvalue weighted by Gasteiger charge is 2.36. The second-order valence-electron chi connectivity index (χ2n) is 19.6. The number of nitrogens with zero attached hydrogens (tertiary/aromatic N) is 2.